The Hall–Kier alpha value is -1.01. The number of hydrogen-bond acceptors (Lipinski definition) is 14. The van der Waals surface area contributed by atoms with Crippen molar-refractivity contribution >= 4 is 5.97 Å². The van der Waals surface area contributed by atoms with E-state index in [1.54, 1.807) is 20.8 Å². The minimum Gasteiger partial charge on any atom is -0.451 e. The zero-order chi connectivity index (χ0) is 34.2. The van der Waals surface area contributed by atoms with Crippen molar-refractivity contribution in [2.45, 2.75) is 166 Å². The normalized spacial score (nSPS) is 40.0. The van der Waals surface area contributed by atoms with Gasteiger partial charge in [-0.05, 0) is 40.0 Å². The van der Waals surface area contributed by atoms with E-state index in [9.17, 15) is 15.0 Å². The van der Waals surface area contributed by atoms with Crippen LogP contribution in [0.1, 0.15) is 87.0 Å². The summed E-state index contributed by atoms with van der Waals surface area (Å²) in [5.41, 5.74) is -1.44. The summed E-state index contributed by atoms with van der Waals surface area (Å²) in [5.74, 6) is -1.52. The molecule has 0 aromatic rings. The van der Waals surface area contributed by atoms with Crippen LogP contribution in [0.15, 0.2) is 0 Å². The molecule has 0 saturated carbocycles. The number of unbranched alkanes of at least 4 members (excludes halogenated alkanes) is 3. The lowest BCUT2D eigenvalue weighted by Crippen LogP contribution is -2.63. The van der Waals surface area contributed by atoms with Crippen LogP contribution in [-0.2, 0) is 56.9 Å². The van der Waals surface area contributed by atoms with Crippen molar-refractivity contribution in [1.82, 2.24) is 0 Å². The van der Waals surface area contributed by atoms with Crippen molar-refractivity contribution in [2.75, 3.05) is 39.6 Å². The van der Waals surface area contributed by atoms with Gasteiger partial charge < -0.3 is 62.3 Å². The summed E-state index contributed by atoms with van der Waals surface area (Å²) in [6.07, 6.45) is -4.39. The molecule has 14 nitrogen and oxygen atoms in total. The quantitative estimate of drug-likeness (QED) is 0.161. The van der Waals surface area contributed by atoms with E-state index >= 15 is 0 Å². The molecule has 0 aromatic heterocycles. The molecule has 47 heavy (non-hydrogen) atoms. The molecule has 4 fully saturated rings. The Morgan fingerprint density at radius 3 is 2.15 bits per heavy atom. The minimum atomic E-state index is -1.44. The van der Waals surface area contributed by atoms with E-state index in [2.05, 4.69) is 13.8 Å². The van der Waals surface area contributed by atoms with Gasteiger partial charge in [-0.25, -0.2) is 0 Å². The van der Waals surface area contributed by atoms with Crippen LogP contribution in [0.4, 0.5) is 0 Å². The Balaban J connectivity index is 1.58. The molecular weight excluding hydrogens is 620 g/mol. The zero-order valence-electron chi connectivity index (χ0n) is 29.1. The molecule has 4 aliphatic heterocycles. The maximum Gasteiger partial charge on any atom is 0.303 e. The molecule has 0 radical (unpaired) electrons. The van der Waals surface area contributed by atoms with E-state index < -0.39 is 85.1 Å². The van der Waals surface area contributed by atoms with Gasteiger partial charge in [0, 0.05) is 26.7 Å². The number of fused-ring (bicyclic) bond motifs is 1. The molecular formula is C33H58O14. The minimum absolute atomic E-state index is 0.0492. The largest absolute Gasteiger partial charge is 0.451 e. The zero-order valence-corrected chi connectivity index (χ0v) is 29.1. The summed E-state index contributed by atoms with van der Waals surface area (Å²) >= 11 is 0. The van der Waals surface area contributed by atoms with Crippen molar-refractivity contribution < 1.29 is 67.1 Å². The van der Waals surface area contributed by atoms with Gasteiger partial charge in [-0.1, -0.05) is 40.0 Å². The number of carbonyl (C=O) groups excluding carboxylic acids is 1. The maximum absolute atomic E-state index is 12.1. The monoisotopic (exact) mass is 678 g/mol. The molecule has 4 unspecified atom stereocenters. The number of aliphatic hydroxyl groups excluding tert-OH is 2. The van der Waals surface area contributed by atoms with E-state index in [0.29, 0.717) is 19.8 Å². The molecule has 12 atom stereocenters. The fourth-order valence-corrected chi connectivity index (χ4v) is 6.30. The molecule has 0 bridgehead atoms. The number of rotatable bonds is 18. The van der Waals surface area contributed by atoms with Crippen LogP contribution in [-0.4, -0.2) is 135 Å². The summed E-state index contributed by atoms with van der Waals surface area (Å²) < 4.78 is 67.4. The van der Waals surface area contributed by atoms with Crippen LogP contribution >= 0.6 is 0 Å². The highest BCUT2D eigenvalue weighted by Crippen LogP contribution is 2.40. The first-order chi connectivity index (χ1) is 22.4. The van der Waals surface area contributed by atoms with Gasteiger partial charge in [-0.2, -0.15) is 0 Å². The number of carbonyl (C=O) groups is 1. The molecule has 274 valence electrons. The van der Waals surface area contributed by atoms with E-state index in [1.807, 2.05) is 6.92 Å². The predicted molar refractivity (Wildman–Crippen MR) is 165 cm³/mol. The first-order valence-corrected chi connectivity index (χ1v) is 17.4. The third kappa shape index (κ3) is 9.83. The van der Waals surface area contributed by atoms with Crippen molar-refractivity contribution in [3.8, 4) is 0 Å². The van der Waals surface area contributed by atoms with Crippen LogP contribution < -0.4 is 0 Å². The molecule has 4 aliphatic rings. The summed E-state index contributed by atoms with van der Waals surface area (Å²) in [5, 5.41) is 22.1. The molecule has 4 rings (SSSR count). The van der Waals surface area contributed by atoms with Gasteiger partial charge in [0.2, 0.25) is 0 Å². The first kappa shape index (κ1) is 38.8. The molecule has 0 amide bonds. The SMILES string of the molecule is CCCCOC[C@]1(OC(C)=O)CO[C@@H](O[C@H]2C(OCCCC)[C@H](O[C@H]3C(C)O[C@@H](O)C4OC(C)(C)O[C@@H]43)OC[C@H]2OCCCC)C1O. The van der Waals surface area contributed by atoms with Gasteiger partial charge in [-0.3, -0.25) is 4.79 Å². The maximum atomic E-state index is 12.1. The number of aliphatic hydroxyl groups is 2. The fraction of sp³-hybridized carbons (Fsp3) is 0.970. The van der Waals surface area contributed by atoms with Gasteiger partial charge in [0.15, 0.2) is 30.3 Å². The molecule has 14 heteroatoms. The van der Waals surface area contributed by atoms with Crippen molar-refractivity contribution in [2.24, 2.45) is 0 Å². The summed E-state index contributed by atoms with van der Waals surface area (Å²) in [6.45, 7) is 14.0. The van der Waals surface area contributed by atoms with Gasteiger partial charge in [0.05, 0.1) is 25.9 Å². The van der Waals surface area contributed by atoms with Crippen LogP contribution in [0, 0.1) is 0 Å². The first-order valence-electron chi connectivity index (χ1n) is 17.4. The highest BCUT2D eigenvalue weighted by atomic mass is 16.8. The lowest BCUT2D eigenvalue weighted by molar-refractivity contribution is -0.348. The number of esters is 1. The second-order valence-corrected chi connectivity index (χ2v) is 13.3. The number of ether oxygens (including phenoxy) is 11. The van der Waals surface area contributed by atoms with Crippen LogP contribution in [0.25, 0.3) is 0 Å². The molecule has 0 aromatic carbocycles. The van der Waals surface area contributed by atoms with Gasteiger partial charge in [0.25, 0.3) is 0 Å². The molecule has 4 heterocycles. The van der Waals surface area contributed by atoms with E-state index in [1.165, 1.54) is 6.92 Å². The standard InChI is InChI=1S/C33H58O14/c1-8-11-14-37-18-33(45-21(5)34)19-41-31(28(33)35)44-24-22(38-15-12-9-2)17-40-30(27(24)39-16-13-10-3)43-23-20(4)42-29(36)26-25(23)46-32(6,7)47-26/h20,22-31,35-36H,8-19H2,1-7H3/t20?,22-,23+,24-,25-,26?,27?,28?,29-,30+,31+,33+/m1/s1. The summed E-state index contributed by atoms with van der Waals surface area (Å²) in [7, 11) is 0. The average Bonchev–Trinajstić information content (AvgIpc) is 3.50. The fourth-order valence-electron chi connectivity index (χ4n) is 6.30. The van der Waals surface area contributed by atoms with Gasteiger partial charge in [0.1, 0.15) is 42.7 Å². The Labute approximate surface area is 278 Å². The Morgan fingerprint density at radius 2 is 1.47 bits per heavy atom. The van der Waals surface area contributed by atoms with Crippen molar-refractivity contribution in [3.05, 3.63) is 0 Å². The average molecular weight is 679 g/mol. The highest BCUT2D eigenvalue weighted by molar-refractivity contribution is 5.66. The Morgan fingerprint density at radius 1 is 0.830 bits per heavy atom. The molecule has 0 spiro atoms. The van der Waals surface area contributed by atoms with Crippen molar-refractivity contribution in [1.29, 1.82) is 0 Å². The second-order valence-electron chi connectivity index (χ2n) is 13.3. The highest BCUT2D eigenvalue weighted by Gasteiger charge is 2.58. The van der Waals surface area contributed by atoms with E-state index in [-0.39, 0.29) is 19.8 Å². The predicted octanol–water partition coefficient (Wildman–Crippen LogP) is 2.58. The molecule has 4 saturated heterocycles. The smallest absolute Gasteiger partial charge is 0.303 e. The summed E-state index contributed by atoms with van der Waals surface area (Å²) in [6, 6.07) is 0. The Kier molecular flexibility index (Phi) is 14.7. The van der Waals surface area contributed by atoms with E-state index in [0.717, 1.165) is 38.5 Å². The molecule has 2 N–H and O–H groups in total. The number of hydrogen-bond donors (Lipinski definition) is 2. The third-order valence-corrected chi connectivity index (χ3v) is 8.81. The van der Waals surface area contributed by atoms with Gasteiger partial charge in [-0.15, -0.1) is 0 Å². The third-order valence-electron chi connectivity index (χ3n) is 8.81. The van der Waals surface area contributed by atoms with Crippen molar-refractivity contribution in [3.63, 3.8) is 0 Å². The summed E-state index contributed by atoms with van der Waals surface area (Å²) in [4.78, 5) is 12.1. The van der Waals surface area contributed by atoms with Crippen LogP contribution in [0.2, 0.25) is 0 Å². The van der Waals surface area contributed by atoms with Crippen LogP contribution in [0.5, 0.6) is 0 Å². The Bertz CT molecular complexity index is 952. The lowest BCUT2D eigenvalue weighted by Gasteiger charge is -2.46. The second kappa shape index (κ2) is 17.8. The van der Waals surface area contributed by atoms with Gasteiger partial charge >= 0.3 is 5.97 Å². The van der Waals surface area contributed by atoms with Crippen LogP contribution in [0.3, 0.4) is 0 Å². The lowest BCUT2D eigenvalue weighted by atomic mass is 9.98. The molecule has 0 aliphatic carbocycles. The topological polar surface area (TPSA) is 159 Å². The van der Waals surface area contributed by atoms with E-state index in [4.69, 9.17) is 52.1 Å².